The molecule has 2 amide bonds. The van der Waals surface area contributed by atoms with Crippen molar-refractivity contribution in [3.63, 3.8) is 0 Å². The van der Waals surface area contributed by atoms with E-state index >= 15 is 0 Å². The number of para-hydroxylation sites is 1. The maximum absolute atomic E-state index is 13.3. The van der Waals surface area contributed by atoms with Crippen molar-refractivity contribution in [3.05, 3.63) is 59.7 Å². The average Bonchev–Trinajstić information content (AvgIpc) is 2.47. The number of halogens is 3. The van der Waals surface area contributed by atoms with Crippen molar-refractivity contribution in [2.24, 2.45) is 0 Å². The van der Waals surface area contributed by atoms with Gasteiger partial charge in [0, 0.05) is 11.4 Å². The van der Waals surface area contributed by atoms with Crippen molar-refractivity contribution in [1.29, 1.82) is 0 Å². The Kier molecular flexibility index (Phi) is 4.46. The molecule has 2 aromatic carbocycles. The number of benzene rings is 2. The minimum atomic E-state index is -4.43. The summed E-state index contributed by atoms with van der Waals surface area (Å²) in [6, 6.07) is 12.1. The molecule has 0 bridgehead atoms. The Balaban J connectivity index is 1.86. The van der Waals surface area contributed by atoms with E-state index in [2.05, 4.69) is 10.6 Å². The lowest BCUT2D eigenvalue weighted by Gasteiger charge is -2.30. The van der Waals surface area contributed by atoms with Crippen molar-refractivity contribution in [3.8, 4) is 0 Å². The highest BCUT2D eigenvalue weighted by molar-refractivity contribution is 6.00. The van der Waals surface area contributed by atoms with Crippen LogP contribution in [0.5, 0.6) is 0 Å². The minimum absolute atomic E-state index is 0.158. The van der Waals surface area contributed by atoms with E-state index in [0.29, 0.717) is 18.5 Å². The van der Waals surface area contributed by atoms with E-state index in [1.165, 1.54) is 12.1 Å². The molecule has 0 heterocycles. The van der Waals surface area contributed by atoms with Crippen molar-refractivity contribution >= 4 is 17.4 Å². The molecule has 1 saturated carbocycles. The second kappa shape index (κ2) is 6.55. The van der Waals surface area contributed by atoms with Gasteiger partial charge in [0.25, 0.3) is 0 Å². The van der Waals surface area contributed by atoms with Gasteiger partial charge < -0.3 is 10.6 Å². The van der Waals surface area contributed by atoms with Gasteiger partial charge in [-0.3, -0.25) is 0 Å². The summed E-state index contributed by atoms with van der Waals surface area (Å²) < 4.78 is 39.9. The lowest BCUT2D eigenvalue weighted by atomic mass is 9.77. The molecule has 2 N–H and O–H groups in total. The number of nitrogens with one attached hydrogen (secondary N) is 2. The maximum atomic E-state index is 13.3. The Morgan fingerprint density at radius 3 is 2.25 bits per heavy atom. The molecule has 3 nitrogen and oxygen atoms in total. The van der Waals surface area contributed by atoms with Crippen LogP contribution in [0.15, 0.2) is 48.5 Å². The molecule has 0 radical (unpaired) electrons. The minimum Gasteiger partial charge on any atom is -0.308 e. The third kappa shape index (κ3) is 3.53. The molecule has 1 aliphatic rings. The smallest absolute Gasteiger partial charge is 0.308 e. The van der Waals surface area contributed by atoms with Crippen molar-refractivity contribution in [2.75, 3.05) is 10.6 Å². The van der Waals surface area contributed by atoms with Crippen LogP contribution in [0, 0.1) is 0 Å². The van der Waals surface area contributed by atoms with Gasteiger partial charge in [0.15, 0.2) is 0 Å². The van der Waals surface area contributed by atoms with Crippen LogP contribution in [0.25, 0.3) is 0 Å². The molecule has 0 saturated heterocycles. The maximum Gasteiger partial charge on any atom is 0.416 e. The largest absolute Gasteiger partial charge is 0.416 e. The molecule has 0 aliphatic heterocycles. The number of urea groups is 1. The highest BCUT2D eigenvalue weighted by Gasteiger charge is 2.38. The quantitative estimate of drug-likeness (QED) is 0.752. The van der Waals surface area contributed by atoms with Gasteiger partial charge in [-0.25, -0.2) is 4.79 Å². The van der Waals surface area contributed by atoms with Gasteiger partial charge >= 0.3 is 12.2 Å². The third-order valence-corrected chi connectivity index (χ3v) is 4.20. The third-order valence-electron chi connectivity index (χ3n) is 4.20. The number of hydrogen-bond acceptors (Lipinski definition) is 1. The fourth-order valence-corrected chi connectivity index (χ4v) is 2.86. The van der Waals surface area contributed by atoms with E-state index in [1.54, 1.807) is 24.3 Å². The number of amides is 2. The Hall–Kier alpha value is -2.50. The standard InChI is InChI=1S/C18H17F3N2O/c19-18(20,21)14-10-5-11-15(16(14)12-6-4-7-12)23-17(24)22-13-8-2-1-3-9-13/h1-3,5,8-12H,4,6-7H2,(H2,22,23,24). The molecule has 1 aliphatic carbocycles. The van der Waals surface area contributed by atoms with Crippen LogP contribution in [0.2, 0.25) is 0 Å². The van der Waals surface area contributed by atoms with E-state index in [1.807, 2.05) is 6.07 Å². The Labute approximate surface area is 137 Å². The molecule has 2 aromatic rings. The zero-order valence-corrected chi connectivity index (χ0v) is 12.9. The summed E-state index contributed by atoms with van der Waals surface area (Å²) in [6.45, 7) is 0. The number of anilines is 2. The summed E-state index contributed by atoms with van der Waals surface area (Å²) in [5.41, 5.74) is 0.333. The summed E-state index contributed by atoms with van der Waals surface area (Å²) in [5.74, 6) is -0.158. The van der Waals surface area contributed by atoms with Gasteiger partial charge in [-0.2, -0.15) is 13.2 Å². The molecule has 1 fully saturated rings. The molecule has 0 unspecified atom stereocenters. The van der Waals surface area contributed by atoms with E-state index in [9.17, 15) is 18.0 Å². The molecular weight excluding hydrogens is 317 g/mol. The molecule has 24 heavy (non-hydrogen) atoms. The number of carbonyl (C=O) groups is 1. The molecule has 0 atom stereocenters. The van der Waals surface area contributed by atoms with Gasteiger partial charge in [0.2, 0.25) is 0 Å². The van der Waals surface area contributed by atoms with Gasteiger partial charge in [-0.1, -0.05) is 30.7 Å². The van der Waals surface area contributed by atoms with Crippen LogP contribution in [0.4, 0.5) is 29.3 Å². The molecule has 126 valence electrons. The van der Waals surface area contributed by atoms with Gasteiger partial charge in [-0.15, -0.1) is 0 Å². The van der Waals surface area contributed by atoms with E-state index in [-0.39, 0.29) is 17.2 Å². The molecule has 0 spiro atoms. The predicted octanol–water partition coefficient (Wildman–Crippen LogP) is 5.62. The van der Waals surface area contributed by atoms with Crippen molar-refractivity contribution in [2.45, 2.75) is 31.4 Å². The Bertz CT molecular complexity index is 725. The van der Waals surface area contributed by atoms with Gasteiger partial charge in [-0.05, 0) is 48.6 Å². The number of hydrogen-bond donors (Lipinski definition) is 2. The fourth-order valence-electron chi connectivity index (χ4n) is 2.86. The van der Waals surface area contributed by atoms with Crippen molar-refractivity contribution < 1.29 is 18.0 Å². The van der Waals surface area contributed by atoms with E-state index < -0.39 is 17.8 Å². The second-order valence-electron chi connectivity index (χ2n) is 5.84. The summed E-state index contributed by atoms with van der Waals surface area (Å²) in [6.07, 6.45) is -2.10. The van der Waals surface area contributed by atoms with Crippen LogP contribution < -0.4 is 10.6 Å². The molecule has 6 heteroatoms. The van der Waals surface area contributed by atoms with Crippen LogP contribution >= 0.6 is 0 Å². The topological polar surface area (TPSA) is 41.1 Å². The zero-order chi connectivity index (χ0) is 17.2. The van der Waals surface area contributed by atoms with Crippen LogP contribution in [0.1, 0.15) is 36.3 Å². The first kappa shape index (κ1) is 16.4. The SMILES string of the molecule is O=C(Nc1ccccc1)Nc1cccc(C(F)(F)F)c1C1CCC1. The summed E-state index contributed by atoms with van der Waals surface area (Å²) in [4.78, 5) is 12.1. The van der Waals surface area contributed by atoms with E-state index in [4.69, 9.17) is 0 Å². The van der Waals surface area contributed by atoms with Crippen molar-refractivity contribution in [1.82, 2.24) is 0 Å². The van der Waals surface area contributed by atoms with Gasteiger partial charge in [0.05, 0.1) is 5.56 Å². The van der Waals surface area contributed by atoms with Crippen LogP contribution in [0.3, 0.4) is 0 Å². The summed E-state index contributed by atoms with van der Waals surface area (Å²) in [7, 11) is 0. The summed E-state index contributed by atoms with van der Waals surface area (Å²) >= 11 is 0. The van der Waals surface area contributed by atoms with Crippen LogP contribution in [-0.2, 0) is 6.18 Å². The monoisotopic (exact) mass is 334 g/mol. The lowest BCUT2D eigenvalue weighted by Crippen LogP contribution is -2.24. The molecular formula is C18H17F3N2O. The zero-order valence-electron chi connectivity index (χ0n) is 12.9. The number of alkyl halides is 3. The first-order valence-corrected chi connectivity index (χ1v) is 7.78. The first-order valence-electron chi connectivity index (χ1n) is 7.78. The van der Waals surface area contributed by atoms with Gasteiger partial charge in [0.1, 0.15) is 0 Å². The van der Waals surface area contributed by atoms with Crippen LogP contribution in [-0.4, -0.2) is 6.03 Å². The highest BCUT2D eigenvalue weighted by Crippen LogP contribution is 2.46. The normalized spacial score (nSPS) is 14.8. The van der Waals surface area contributed by atoms with E-state index in [0.717, 1.165) is 12.5 Å². The highest BCUT2D eigenvalue weighted by atomic mass is 19.4. The Morgan fingerprint density at radius 1 is 0.958 bits per heavy atom. The lowest BCUT2D eigenvalue weighted by molar-refractivity contribution is -0.138. The molecule has 0 aromatic heterocycles. The number of carbonyl (C=O) groups excluding carboxylic acids is 1. The summed E-state index contributed by atoms with van der Waals surface area (Å²) in [5, 5.41) is 5.19. The Morgan fingerprint density at radius 2 is 1.67 bits per heavy atom. The average molecular weight is 334 g/mol. The molecule has 3 rings (SSSR count). The fraction of sp³-hybridized carbons (Fsp3) is 0.278. The first-order chi connectivity index (χ1) is 11.4. The number of rotatable bonds is 3. The predicted molar refractivity (Wildman–Crippen MR) is 87.1 cm³/mol. The second-order valence-corrected chi connectivity index (χ2v) is 5.84.